The normalized spacial score (nSPS) is 14.4. The lowest BCUT2D eigenvalue weighted by Crippen LogP contribution is -2.46. The average molecular weight is 404 g/mol. The number of halogens is 2. The van der Waals surface area contributed by atoms with Crippen LogP contribution in [0.1, 0.15) is 33.6 Å². The minimum atomic E-state index is -0.877. The second kappa shape index (κ2) is 8.89. The molecule has 29 heavy (non-hydrogen) atoms. The Bertz CT molecular complexity index is 889. The van der Waals surface area contributed by atoms with E-state index in [2.05, 4.69) is 5.32 Å². The van der Waals surface area contributed by atoms with Crippen molar-refractivity contribution in [1.29, 1.82) is 0 Å². The summed E-state index contributed by atoms with van der Waals surface area (Å²) in [5.41, 5.74) is 0.255. The number of nitrogens with zero attached hydrogens (tertiary/aromatic N) is 1. The molecule has 1 aliphatic heterocycles. The third kappa shape index (κ3) is 4.82. The van der Waals surface area contributed by atoms with Crippen molar-refractivity contribution in [1.82, 2.24) is 10.2 Å². The van der Waals surface area contributed by atoms with Crippen LogP contribution in [0.3, 0.4) is 0 Å². The fourth-order valence-electron chi connectivity index (χ4n) is 3.27. The van der Waals surface area contributed by atoms with Gasteiger partial charge in [0.2, 0.25) is 0 Å². The van der Waals surface area contributed by atoms with Gasteiger partial charge in [-0.25, -0.2) is 8.78 Å². The molecule has 0 spiro atoms. The van der Waals surface area contributed by atoms with E-state index in [1.54, 1.807) is 18.2 Å². The van der Waals surface area contributed by atoms with E-state index in [1.807, 2.05) is 0 Å². The number of carbonyl (C=O) groups excluding carboxylic acids is 2. The number of rotatable bonds is 5. The van der Waals surface area contributed by atoms with Gasteiger partial charge in [0.05, 0.1) is 19.8 Å². The molecule has 0 bridgehead atoms. The number of hydrogen-bond donors (Lipinski definition) is 1. The molecule has 154 valence electrons. The van der Waals surface area contributed by atoms with Crippen molar-refractivity contribution < 1.29 is 27.8 Å². The van der Waals surface area contributed by atoms with E-state index in [0.717, 1.165) is 12.1 Å². The lowest BCUT2D eigenvalue weighted by molar-refractivity contribution is 0.0693. The Balaban J connectivity index is 1.59. The van der Waals surface area contributed by atoms with Crippen molar-refractivity contribution in [2.75, 3.05) is 27.3 Å². The van der Waals surface area contributed by atoms with Crippen LogP contribution < -0.4 is 14.8 Å². The van der Waals surface area contributed by atoms with Gasteiger partial charge in [-0.2, -0.15) is 0 Å². The Morgan fingerprint density at radius 2 is 1.62 bits per heavy atom. The van der Waals surface area contributed by atoms with Crippen LogP contribution in [0, 0.1) is 11.6 Å². The highest BCUT2D eigenvalue weighted by Gasteiger charge is 2.26. The van der Waals surface area contributed by atoms with Crippen LogP contribution in [0.25, 0.3) is 0 Å². The van der Waals surface area contributed by atoms with Gasteiger partial charge in [-0.3, -0.25) is 9.59 Å². The van der Waals surface area contributed by atoms with Gasteiger partial charge in [0, 0.05) is 36.8 Å². The van der Waals surface area contributed by atoms with Crippen molar-refractivity contribution >= 4 is 11.8 Å². The number of ether oxygens (including phenoxy) is 2. The first-order chi connectivity index (χ1) is 13.9. The third-order valence-corrected chi connectivity index (χ3v) is 4.89. The summed E-state index contributed by atoms with van der Waals surface area (Å²) in [7, 11) is 3.01. The monoisotopic (exact) mass is 404 g/mol. The summed E-state index contributed by atoms with van der Waals surface area (Å²) in [6, 6.07) is 7.70. The van der Waals surface area contributed by atoms with Crippen LogP contribution in [0.2, 0.25) is 0 Å². The molecule has 2 aromatic carbocycles. The minimum Gasteiger partial charge on any atom is -0.497 e. The summed E-state index contributed by atoms with van der Waals surface area (Å²) >= 11 is 0. The van der Waals surface area contributed by atoms with Gasteiger partial charge in [-0.15, -0.1) is 0 Å². The highest BCUT2D eigenvalue weighted by molar-refractivity contribution is 5.96. The SMILES string of the molecule is COc1cc(OC)cc(C(=O)NC2CCN(C(=O)c3ccc(F)cc3F)CC2)c1. The smallest absolute Gasteiger partial charge is 0.256 e. The summed E-state index contributed by atoms with van der Waals surface area (Å²) in [5.74, 6) is -1.33. The molecule has 0 saturated carbocycles. The summed E-state index contributed by atoms with van der Waals surface area (Å²) < 4.78 is 37.2. The van der Waals surface area contributed by atoms with E-state index in [9.17, 15) is 18.4 Å². The molecule has 1 saturated heterocycles. The minimum absolute atomic E-state index is 0.123. The summed E-state index contributed by atoms with van der Waals surface area (Å²) in [6.45, 7) is 0.726. The van der Waals surface area contributed by atoms with Crippen LogP contribution in [0.5, 0.6) is 11.5 Å². The lowest BCUT2D eigenvalue weighted by atomic mass is 10.0. The van der Waals surface area contributed by atoms with Crippen molar-refractivity contribution in [2.45, 2.75) is 18.9 Å². The first kappa shape index (κ1) is 20.6. The number of carbonyl (C=O) groups is 2. The molecule has 8 heteroatoms. The molecule has 0 unspecified atom stereocenters. The Hall–Kier alpha value is -3.16. The average Bonchev–Trinajstić information content (AvgIpc) is 2.73. The molecule has 0 atom stereocenters. The zero-order valence-electron chi connectivity index (χ0n) is 16.2. The molecule has 0 radical (unpaired) electrons. The van der Waals surface area contributed by atoms with Gasteiger partial charge in [-0.05, 0) is 37.1 Å². The molecule has 1 aliphatic rings. The third-order valence-electron chi connectivity index (χ3n) is 4.89. The number of hydrogen-bond acceptors (Lipinski definition) is 4. The van der Waals surface area contributed by atoms with Gasteiger partial charge in [0.1, 0.15) is 23.1 Å². The van der Waals surface area contributed by atoms with Crippen LogP contribution in [0.15, 0.2) is 36.4 Å². The molecule has 6 nitrogen and oxygen atoms in total. The van der Waals surface area contributed by atoms with Crippen LogP contribution in [0.4, 0.5) is 8.78 Å². The number of amides is 2. The maximum atomic E-state index is 13.9. The predicted octanol–water partition coefficient (Wildman–Crippen LogP) is 3.02. The maximum Gasteiger partial charge on any atom is 0.256 e. The number of nitrogens with one attached hydrogen (secondary N) is 1. The molecule has 1 N–H and O–H groups in total. The van der Waals surface area contributed by atoms with E-state index < -0.39 is 17.5 Å². The van der Waals surface area contributed by atoms with Gasteiger partial charge in [0.25, 0.3) is 11.8 Å². The molecule has 1 heterocycles. The molecule has 1 fully saturated rings. The van der Waals surface area contributed by atoms with Gasteiger partial charge in [0.15, 0.2) is 0 Å². The second-order valence-electron chi connectivity index (χ2n) is 6.77. The first-order valence-electron chi connectivity index (χ1n) is 9.19. The number of benzene rings is 2. The Labute approximate surface area is 167 Å². The van der Waals surface area contributed by atoms with Crippen LogP contribution in [-0.4, -0.2) is 50.1 Å². The van der Waals surface area contributed by atoms with E-state index >= 15 is 0 Å². The molecule has 2 amide bonds. The Morgan fingerprint density at radius 1 is 1.00 bits per heavy atom. The predicted molar refractivity (Wildman–Crippen MR) is 102 cm³/mol. The van der Waals surface area contributed by atoms with E-state index in [1.165, 1.54) is 19.1 Å². The molecule has 0 aliphatic carbocycles. The van der Waals surface area contributed by atoms with Crippen molar-refractivity contribution in [2.24, 2.45) is 0 Å². The second-order valence-corrected chi connectivity index (χ2v) is 6.77. The number of likely N-dealkylation sites (tertiary alicyclic amines) is 1. The van der Waals surface area contributed by atoms with E-state index in [-0.39, 0.29) is 17.5 Å². The van der Waals surface area contributed by atoms with Gasteiger partial charge in [-0.1, -0.05) is 0 Å². The Kier molecular flexibility index (Phi) is 6.31. The largest absolute Gasteiger partial charge is 0.497 e. The molecular weight excluding hydrogens is 382 g/mol. The first-order valence-corrected chi connectivity index (χ1v) is 9.19. The summed E-state index contributed by atoms with van der Waals surface area (Å²) in [4.78, 5) is 26.6. The molecular formula is C21H22F2N2O4. The zero-order valence-corrected chi connectivity index (χ0v) is 16.2. The van der Waals surface area contributed by atoms with Crippen LogP contribution in [-0.2, 0) is 0 Å². The fourth-order valence-corrected chi connectivity index (χ4v) is 3.27. The van der Waals surface area contributed by atoms with Gasteiger partial charge >= 0.3 is 0 Å². The van der Waals surface area contributed by atoms with Crippen molar-refractivity contribution in [3.63, 3.8) is 0 Å². The summed E-state index contributed by atoms with van der Waals surface area (Å²) in [6.07, 6.45) is 1.06. The Morgan fingerprint density at radius 3 is 2.17 bits per heavy atom. The maximum absolute atomic E-state index is 13.9. The zero-order chi connectivity index (χ0) is 21.0. The quantitative estimate of drug-likeness (QED) is 0.832. The lowest BCUT2D eigenvalue weighted by Gasteiger charge is -2.32. The number of piperidine rings is 1. The topological polar surface area (TPSA) is 67.9 Å². The standard InChI is InChI=1S/C21H22F2N2O4/c1-28-16-9-13(10-17(12-16)29-2)20(26)24-15-5-7-25(8-6-15)21(27)18-4-3-14(22)11-19(18)23/h3-4,9-12,15H,5-8H2,1-2H3,(H,24,26). The van der Waals surface area contributed by atoms with E-state index in [0.29, 0.717) is 49.1 Å². The van der Waals surface area contributed by atoms with E-state index in [4.69, 9.17) is 9.47 Å². The summed E-state index contributed by atoms with van der Waals surface area (Å²) in [5, 5.41) is 2.94. The highest BCUT2D eigenvalue weighted by Crippen LogP contribution is 2.23. The molecule has 3 rings (SSSR count). The number of methoxy groups -OCH3 is 2. The fraction of sp³-hybridized carbons (Fsp3) is 0.333. The van der Waals surface area contributed by atoms with Gasteiger partial charge < -0.3 is 19.7 Å². The van der Waals surface area contributed by atoms with Crippen LogP contribution >= 0.6 is 0 Å². The van der Waals surface area contributed by atoms with Crippen molar-refractivity contribution in [3.05, 3.63) is 59.2 Å². The van der Waals surface area contributed by atoms with Crippen molar-refractivity contribution in [3.8, 4) is 11.5 Å². The highest BCUT2D eigenvalue weighted by atomic mass is 19.1. The molecule has 2 aromatic rings. The molecule has 0 aromatic heterocycles.